The van der Waals surface area contributed by atoms with Gasteiger partial charge < -0.3 is 18.9 Å². The van der Waals surface area contributed by atoms with E-state index < -0.39 is 29.2 Å². The summed E-state index contributed by atoms with van der Waals surface area (Å²) in [6.07, 6.45) is 1.50. The molecule has 1 aliphatic heterocycles. The van der Waals surface area contributed by atoms with Crippen LogP contribution in [0.4, 0.5) is 0 Å². The smallest absolute Gasteiger partial charge is 0.324 e. The van der Waals surface area contributed by atoms with Crippen molar-refractivity contribution in [1.29, 1.82) is 0 Å². The molecule has 2 aliphatic carbocycles. The molecule has 0 aromatic carbocycles. The van der Waals surface area contributed by atoms with Crippen LogP contribution in [0, 0.1) is 22.2 Å². The Kier molecular flexibility index (Phi) is 6.24. The lowest BCUT2D eigenvalue weighted by atomic mass is 9.65. The van der Waals surface area contributed by atoms with Crippen molar-refractivity contribution < 1.29 is 28.5 Å². The third-order valence-electron chi connectivity index (χ3n) is 8.32. The van der Waals surface area contributed by atoms with Crippen LogP contribution in [0.15, 0.2) is 11.1 Å². The van der Waals surface area contributed by atoms with Gasteiger partial charge in [0.25, 0.3) is 0 Å². The molecule has 30 heavy (non-hydrogen) atoms. The quantitative estimate of drug-likeness (QED) is 0.364. The van der Waals surface area contributed by atoms with Gasteiger partial charge in [0.2, 0.25) is 0 Å². The van der Waals surface area contributed by atoms with Crippen LogP contribution < -0.4 is 0 Å². The number of hydrogen-bond donors (Lipinski definition) is 0. The first kappa shape index (κ1) is 23.7. The summed E-state index contributed by atoms with van der Waals surface area (Å²) in [5, 5.41) is 0. The van der Waals surface area contributed by atoms with Crippen molar-refractivity contribution in [2.45, 2.75) is 85.2 Å². The number of ether oxygens (including phenoxy) is 4. The van der Waals surface area contributed by atoms with Crippen molar-refractivity contribution in [1.82, 2.24) is 0 Å². The predicted molar refractivity (Wildman–Crippen MR) is 116 cm³/mol. The lowest BCUT2D eigenvalue weighted by Crippen LogP contribution is -2.50. The number of rotatable bonds is 8. The predicted octanol–water partition coefficient (Wildman–Crippen LogP) is 4.74. The van der Waals surface area contributed by atoms with E-state index in [0.29, 0.717) is 10.4 Å². The van der Waals surface area contributed by atoms with Crippen molar-refractivity contribution >= 4 is 27.9 Å². The lowest BCUT2D eigenvalue weighted by molar-refractivity contribution is -0.189. The maximum atomic E-state index is 13.0. The minimum Gasteiger partial charge on any atom is -0.465 e. The Balaban J connectivity index is 1.92. The van der Waals surface area contributed by atoms with Crippen molar-refractivity contribution in [3.05, 3.63) is 11.1 Å². The van der Waals surface area contributed by atoms with E-state index in [1.54, 1.807) is 13.8 Å². The average Bonchev–Trinajstić information content (AvgIpc) is 3.13. The molecule has 2 saturated carbocycles. The van der Waals surface area contributed by atoms with Gasteiger partial charge in [-0.15, -0.1) is 0 Å². The minimum atomic E-state index is -1.57. The van der Waals surface area contributed by atoms with E-state index in [1.165, 1.54) is 0 Å². The molecule has 0 N–H and O–H groups in total. The number of allylic oxidation sites excluding steroid dienone is 1. The maximum absolute atomic E-state index is 13.0. The Morgan fingerprint density at radius 3 is 2.17 bits per heavy atom. The first-order valence-electron chi connectivity index (χ1n) is 10.9. The summed E-state index contributed by atoms with van der Waals surface area (Å²) in [5.41, 5.74) is -1.98. The van der Waals surface area contributed by atoms with Crippen molar-refractivity contribution in [3.8, 4) is 0 Å². The number of carbonyl (C=O) groups is 2. The summed E-state index contributed by atoms with van der Waals surface area (Å²) in [4.78, 5) is 26.1. The molecule has 0 radical (unpaired) electrons. The molecule has 3 fully saturated rings. The fourth-order valence-electron chi connectivity index (χ4n) is 6.24. The molecule has 2 unspecified atom stereocenters. The molecular formula is C23H35BrO6. The third kappa shape index (κ3) is 3.18. The molecule has 5 atom stereocenters. The normalized spacial score (nSPS) is 36.4. The summed E-state index contributed by atoms with van der Waals surface area (Å²) in [6, 6.07) is 0. The second-order valence-electron chi connectivity index (χ2n) is 9.83. The molecule has 170 valence electrons. The zero-order valence-corrected chi connectivity index (χ0v) is 20.6. The summed E-state index contributed by atoms with van der Waals surface area (Å²) >= 11 is 3.32. The average molecular weight is 487 g/mol. The van der Waals surface area contributed by atoms with Crippen molar-refractivity contribution in [2.24, 2.45) is 22.2 Å². The number of hydrogen-bond acceptors (Lipinski definition) is 6. The highest BCUT2D eigenvalue weighted by atomic mass is 79.9. The summed E-state index contributed by atoms with van der Waals surface area (Å²) in [5.74, 6) is -0.885. The van der Waals surface area contributed by atoms with Crippen LogP contribution in [0.3, 0.4) is 0 Å². The third-order valence-corrected chi connectivity index (χ3v) is 8.60. The fraction of sp³-hybridized carbons (Fsp3) is 0.826. The largest absolute Gasteiger partial charge is 0.465 e. The van der Waals surface area contributed by atoms with Crippen LogP contribution in [0.2, 0.25) is 0 Å². The molecule has 7 heteroatoms. The van der Waals surface area contributed by atoms with Gasteiger partial charge in [-0.05, 0) is 49.4 Å². The van der Waals surface area contributed by atoms with E-state index in [4.69, 9.17) is 18.9 Å². The standard InChI is InChI=1S/C23H35BrO6/c1-8-27-18(25)23(12-14(3)24,19(26)28-9-2)13-16-29-17-15-10-11-21(6,20(15,4)5)22(17,7)30-16/h15-17H,3,8-13H2,1-2,4-7H3/t15-,16?,17?,21-,22-/m1/s1. The van der Waals surface area contributed by atoms with E-state index in [9.17, 15) is 9.59 Å². The maximum Gasteiger partial charge on any atom is 0.324 e. The van der Waals surface area contributed by atoms with Gasteiger partial charge in [0.1, 0.15) is 5.60 Å². The Morgan fingerprint density at radius 2 is 1.70 bits per heavy atom. The highest BCUT2D eigenvalue weighted by Crippen LogP contribution is 2.73. The van der Waals surface area contributed by atoms with Gasteiger partial charge in [0.05, 0.1) is 19.3 Å². The number of carbonyl (C=O) groups excluding carboxylic acids is 2. The van der Waals surface area contributed by atoms with Gasteiger partial charge in [0.15, 0.2) is 11.7 Å². The molecule has 0 spiro atoms. The van der Waals surface area contributed by atoms with Crippen LogP contribution >= 0.6 is 15.9 Å². The highest BCUT2D eigenvalue weighted by molar-refractivity contribution is 9.11. The van der Waals surface area contributed by atoms with Gasteiger partial charge in [-0.3, -0.25) is 9.59 Å². The van der Waals surface area contributed by atoms with Crippen LogP contribution in [-0.4, -0.2) is 43.1 Å². The first-order valence-corrected chi connectivity index (χ1v) is 11.7. The highest BCUT2D eigenvalue weighted by Gasteiger charge is 2.76. The molecule has 6 nitrogen and oxygen atoms in total. The molecule has 1 saturated heterocycles. The van der Waals surface area contributed by atoms with E-state index in [1.807, 2.05) is 0 Å². The van der Waals surface area contributed by atoms with Crippen LogP contribution in [-0.2, 0) is 28.5 Å². The fourth-order valence-corrected chi connectivity index (χ4v) is 6.72. The SMILES string of the molecule is C=C(Br)CC(CC1OC2[C@H]3CC[C@](C)(C3(C)C)[C@]2(C)O1)(C(=O)OCC)C(=O)OCC. The number of esters is 2. The first-order chi connectivity index (χ1) is 13.9. The van der Waals surface area contributed by atoms with Gasteiger partial charge in [-0.2, -0.15) is 0 Å². The topological polar surface area (TPSA) is 71.1 Å². The zero-order chi connectivity index (χ0) is 22.5. The van der Waals surface area contributed by atoms with Crippen LogP contribution in [0.25, 0.3) is 0 Å². The Hall–Kier alpha value is -0.920. The molecule has 3 rings (SSSR count). The molecule has 0 aromatic heterocycles. The summed E-state index contributed by atoms with van der Waals surface area (Å²) in [6.45, 7) is 16.6. The molecule has 0 amide bonds. The van der Waals surface area contributed by atoms with E-state index in [2.05, 4.69) is 50.2 Å². The van der Waals surface area contributed by atoms with Crippen molar-refractivity contribution in [3.63, 3.8) is 0 Å². The van der Waals surface area contributed by atoms with E-state index in [0.717, 1.165) is 12.8 Å². The van der Waals surface area contributed by atoms with Crippen LogP contribution in [0.5, 0.6) is 0 Å². The van der Waals surface area contributed by atoms with Gasteiger partial charge in [0, 0.05) is 18.3 Å². The molecule has 2 bridgehead atoms. The minimum absolute atomic E-state index is 0.0323. The van der Waals surface area contributed by atoms with Crippen molar-refractivity contribution in [2.75, 3.05) is 13.2 Å². The Labute approximate surface area is 188 Å². The molecule has 3 aliphatic rings. The zero-order valence-electron chi connectivity index (χ0n) is 19.0. The second-order valence-corrected chi connectivity index (χ2v) is 11.0. The molecular weight excluding hydrogens is 452 g/mol. The lowest BCUT2D eigenvalue weighted by Gasteiger charge is -2.45. The van der Waals surface area contributed by atoms with Gasteiger partial charge >= 0.3 is 11.9 Å². The van der Waals surface area contributed by atoms with E-state index >= 15 is 0 Å². The monoisotopic (exact) mass is 486 g/mol. The van der Waals surface area contributed by atoms with E-state index in [-0.39, 0.29) is 43.0 Å². The molecule has 1 heterocycles. The Bertz CT molecular complexity index is 715. The summed E-state index contributed by atoms with van der Waals surface area (Å²) in [7, 11) is 0. The second kappa shape index (κ2) is 7.89. The Morgan fingerprint density at radius 1 is 1.13 bits per heavy atom. The van der Waals surface area contributed by atoms with Crippen LogP contribution in [0.1, 0.15) is 67.2 Å². The number of fused-ring (bicyclic) bond motifs is 5. The molecule has 0 aromatic rings. The van der Waals surface area contributed by atoms with Gasteiger partial charge in [-0.1, -0.05) is 43.3 Å². The summed E-state index contributed by atoms with van der Waals surface area (Å²) < 4.78 is 24.1. The van der Waals surface area contributed by atoms with Gasteiger partial charge in [-0.25, -0.2) is 0 Å². The number of halogens is 1.